The van der Waals surface area contributed by atoms with Gasteiger partial charge in [0.1, 0.15) is 11.5 Å². The van der Waals surface area contributed by atoms with Crippen molar-refractivity contribution < 1.29 is 4.42 Å². The Morgan fingerprint density at radius 3 is 1.65 bits per heavy atom. The maximum Gasteiger partial charge on any atom is 0.145 e. The maximum absolute atomic E-state index is 6.20. The van der Waals surface area contributed by atoms with Crippen molar-refractivity contribution in [1.82, 2.24) is 0 Å². The molecule has 0 saturated heterocycles. The van der Waals surface area contributed by atoms with Crippen LogP contribution in [0.2, 0.25) is 0 Å². The quantitative estimate of drug-likeness (QED) is 0.697. The lowest BCUT2D eigenvalue weighted by atomic mass is 10.1. The maximum atomic E-state index is 6.20. The number of rotatable bonds is 6. The zero-order valence-corrected chi connectivity index (χ0v) is 15.2. The summed E-state index contributed by atoms with van der Waals surface area (Å²) in [5.74, 6) is 1.87. The van der Waals surface area contributed by atoms with Crippen molar-refractivity contribution in [3.8, 4) is 21.3 Å². The second kappa shape index (κ2) is 7.01. The van der Waals surface area contributed by atoms with E-state index in [1.54, 1.807) is 22.7 Å². The van der Waals surface area contributed by atoms with Crippen LogP contribution < -0.4 is 11.5 Å². The minimum Gasteiger partial charge on any atom is -0.454 e. The Balaban J connectivity index is 1.98. The lowest BCUT2D eigenvalue weighted by Gasteiger charge is -2.01. The largest absolute Gasteiger partial charge is 0.454 e. The average Bonchev–Trinajstić information content (AvgIpc) is 3.19. The zero-order valence-electron chi connectivity index (χ0n) is 13.5. The number of thiophene rings is 2. The van der Waals surface area contributed by atoms with Gasteiger partial charge >= 0.3 is 0 Å². The summed E-state index contributed by atoms with van der Waals surface area (Å²) in [5.41, 5.74) is 14.0. The number of hydrogen-bond acceptors (Lipinski definition) is 5. The van der Waals surface area contributed by atoms with Crippen molar-refractivity contribution >= 4 is 22.7 Å². The van der Waals surface area contributed by atoms with E-state index in [1.807, 2.05) is 0 Å². The van der Waals surface area contributed by atoms with E-state index in [1.165, 1.54) is 30.6 Å². The molecule has 3 rings (SSSR count). The van der Waals surface area contributed by atoms with Gasteiger partial charge in [-0.1, -0.05) is 0 Å². The number of nitrogens with two attached hydrogens (primary N) is 2. The van der Waals surface area contributed by atoms with Gasteiger partial charge in [0.05, 0.1) is 9.75 Å². The second-order valence-electron chi connectivity index (χ2n) is 5.66. The minimum absolute atomic E-state index is 0.654. The van der Waals surface area contributed by atoms with Crippen LogP contribution in [-0.2, 0) is 12.8 Å². The van der Waals surface area contributed by atoms with Crippen LogP contribution in [0.15, 0.2) is 28.7 Å². The molecule has 0 aromatic carbocycles. The van der Waals surface area contributed by atoms with Crippen molar-refractivity contribution in [3.05, 3.63) is 45.1 Å². The zero-order chi connectivity index (χ0) is 16.4. The van der Waals surface area contributed by atoms with E-state index in [4.69, 9.17) is 15.9 Å². The molecule has 3 aromatic rings. The summed E-state index contributed by atoms with van der Waals surface area (Å²) >= 11 is 3.54. The second-order valence-corrected chi connectivity index (χ2v) is 8.18. The summed E-state index contributed by atoms with van der Waals surface area (Å²) < 4.78 is 6.20. The predicted molar refractivity (Wildman–Crippen MR) is 100 cm³/mol. The van der Waals surface area contributed by atoms with E-state index in [-0.39, 0.29) is 0 Å². The third-order valence-corrected chi connectivity index (χ3v) is 5.96. The van der Waals surface area contributed by atoms with Crippen LogP contribution in [-0.4, -0.2) is 13.1 Å². The summed E-state index contributed by atoms with van der Waals surface area (Å²) in [7, 11) is 0. The Kier molecular flexibility index (Phi) is 5.02. The highest BCUT2D eigenvalue weighted by molar-refractivity contribution is 7.16. The molecule has 0 fully saturated rings. The monoisotopic (exact) mass is 346 g/mol. The Bertz CT molecular complexity index is 733. The Morgan fingerprint density at radius 1 is 0.826 bits per heavy atom. The molecule has 4 N–H and O–H groups in total. The highest BCUT2D eigenvalue weighted by Gasteiger charge is 2.16. The normalized spacial score (nSPS) is 11.3. The van der Waals surface area contributed by atoms with Crippen LogP contribution in [0.1, 0.15) is 20.9 Å². The van der Waals surface area contributed by atoms with Gasteiger partial charge in [0.15, 0.2) is 0 Å². The van der Waals surface area contributed by atoms with Gasteiger partial charge in [0.2, 0.25) is 0 Å². The van der Waals surface area contributed by atoms with Crippen LogP contribution in [0.4, 0.5) is 0 Å². The fourth-order valence-corrected chi connectivity index (χ4v) is 4.87. The lowest BCUT2D eigenvalue weighted by molar-refractivity contribution is 0.599. The van der Waals surface area contributed by atoms with Crippen molar-refractivity contribution in [2.24, 2.45) is 11.5 Å². The van der Waals surface area contributed by atoms with Crippen molar-refractivity contribution in [2.75, 3.05) is 13.1 Å². The van der Waals surface area contributed by atoms with Crippen LogP contribution >= 0.6 is 22.7 Å². The first-order valence-electron chi connectivity index (χ1n) is 7.81. The van der Waals surface area contributed by atoms with Gasteiger partial charge in [-0.25, -0.2) is 0 Å². The molecule has 0 aliphatic rings. The summed E-state index contributed by atoms with van der Waals surface area (Å²) in [4.78, 5) is 4.98. The van der Waals surface area contributed by atoms with E-state index < -0.39 is 0 Å². The summed E-state index contributed by atoms with van der Waals surface area (Å²) in [6, 6.07) is 8.57. The first kappa shape index (κ1) is 16.5. The SMILES string of the molecule is Cc1cc(CCN)c(-c2ccc(-c3sc(C)cc3CCN)o2)s1. The first-order chi connectivity index (χ1) is 11.1. The van der Waals surface area contributed by atoms with Gasteiger partial charge in [-0.15, -0.1) is 22.7 Å². The van der Waals surface area contributed by atoms with Gasteiger partial charge < -0.3 is 15.9 Å². The topological polar surface area (TPSA) is 65.2 Å². The minimum atomic E-state index is 0.654. The molecule has 0 amide bonds. The van der Waals surface area contributed by atoms with Gasteiger partial charge in [-0.3, -0.25) is 0 Å². The molecule has 23 heavy (non-hydrogen) atoms. The van der Waals surface area contributed by atoms with Gasteiger partial charge in [0.25, 0.3) is 0 Å². The fourth-order valence-electron chi connectivity index (χ4n) is 2.82. The first-order valence-corrected chi connectivity index (χ1v) is 9.45. The van der Waals surface area contributed by atoms with E-state index in [2.05, 4.69) is 38.1 Å². The molecule has 3 heterocycles. The van der Waals surface area contributed by atoms with Crippen molar-refractivity contribution in [2.45, 2.75) is 26.7 Å². The molecule has 0 saturated carbocycles. The van der Waals surface area contributed by atoms with E-state index in [0.717, 1.165) is 24.4 Å². The number of aryl methyl sites for hydroxylation is 2. The lowest BCUT2D eigenvalue weighted by Crippen LogP contribution is -2.02. The van der Waals surface area contributed by atoms with Gasteiger partial charge in [-0.2, -0.15) is 0 Å². The van der Waals surface area contributed by atoms with Crippen LogP contribution in [0.3, 0.4) is 0 Å². The molecule has 5 heteroatoms. The molecule has 0 spiro atoms. The molecule has 122 valence electrons. The molecule has 0 aliphatic heterocycles. The highest BCUT2D eigenvalue weighted by atomic mass is 32.1. The standard InChI is InChI=1S/C18H22N2OS2/c1-11-9-13(5-7-19)17(22-11)15-3-4-16(21-15)18-14(6-8-20)10-12(2)23-18/h3-4,9-10H,5-8,19-20H2,1-2H3. The molecule has 0 bridgehead atoms. The third-order valence-electron chi connectivity index (χ3n) is 3.75. The van der Waals surface area contributed by atoms with E-state index >= 15 is 0 Å². The van der Waals surface area contributed by atoms with Crippen LogP contribution in [0, 0.1) is 13.8 Å². The number of hydrogen-bond donors (Lipinski definition) is 2. The van der Waals surface area contributed by atoms with Crippen molar-refractivity contribution in [3.63, 3.8) is 0 Å². The smallest absolute Gasteiger partial charge is 0.145 e. The van der Waals surface area contributed by atoms with Gasteiger partial charge in [0, 0.05) is 9.75 Å². The fraction of sp³-hybridized carbons (Fsp3) is 0.333. The summed E-state index contributed by atoms with van der Waals surface area (Å²) in [6.45, 7) is 5.56. The molecule has 0 radical (unpaired) electrons. The number of furan rings is 1. The third kappa shape index (κ3) is 3.43. The Labute approximate surface area is 144 Å². The highest BCUT2D eigenvalue weighted by Crippen LogP contribution is 2.39. The summed E-state index contributed by atoms with van der Waals surface area (Å²) in [6.07, 6.45) is 1.76. The molecule has 0 unspecified atom stereocenters. The molecule has 3 nitrogen and oxygen atoms in total. The van der Waals surface area contributed by atoms with E-state index in [0.29, 0.717) is 13.1 Å². The van der Waals surface area contributed by atoms with Crippen molar-refractivity contribution in [1.29, 1.82) is 0 Å². The van der Waals surface area contributed by atoms with Gasteiger partial charge in [-0.05, 0) is 75.2 Å². The molecular weight excluding hydrogens is 324 g/mol. The molecule has 3 aromatic heterocycles. The Hall–Kier alpha value is -1.40. The predicted octanol–water partition coefficient (Wildman–Crippen LogP) is 4.36. The van der Waals surface area contributed by atoms with Crippen LogP contribution in [0.5, 0.6) is 0 Å². The summed E-state index contributed by atoms with van der Waals surface area (Å²) in [5, 5.41) is 0. The van der Waals surface area contributed by atoms with Crippen LogP contribution in [0.25, 0.3) is 21.3 Å². The molecular formula is C18H22N2OS2. The Morgan fingerprint density at radius 2 is 1.26 bits per heavy atom. The average molecular weight is 347 g/mol. The van der Waals surface area contributed by atoms with E-state index in [9.17, 15) is 0 Å². The molecule has 0 aliphatic carbocycles. The molecule has 0 atom stereocenters.